The zero-order valence-corrected chi connectivity index (χ0v) is 12.8. The van der Waals surface area contributed by atoms with E-state index in [4.69, 9.17) is 5.11 Å². The fraction of sp³-hybridized carbons (Fsp3) is 0.867. The number of rotatable bonds is 7. The quantitative estimate of drug-likeness (QED) is 0.740. The molecule has 5 nitrogen and oxygen atoms in total. The highest BCUT2D eigenvalue weighted by Gasteiger charge is 2.21. The minimum atomic E-state index is -0.0858. The Labute approximate surface area is 121 Å². The van der Waals surface area contributed by atoms with E-state index in [1.54, 1.807) is 4.90 Å². The van der Waals surface area contributed by atoms with E-state index < -0.39 is 0 Å². The summed E-state index contributed by atoms with van der Waals surface area (Å²) in [4.78, 5) is 25.4. The Morgan fingerprint density at radius 1 is 1.35 bits per heavy atom. The summed E-state index contributed by atoms with van der Waals surface area (Å²) in [5.41, 5.74) is -0.0266. The van der Waals surface area contributed by atoms with Crippen LogP contribution in [0.4, 0.5) is 0 Å². The fourth-order valence-corrected chi connectivity index (χ4v) is 2.42. The number of amides is 2. The van der Waals surface area contributed by atoms with Crippen molar-refractivity contribution in [1.82, 2.24) is 10.2 Å². The van der Waals surface area contributed by atoms with Gasteiger partial charge in [0.15, 0.2) is 0 Å². The van der Waals surface area contributed by atoms with Crippen LogP contribution in [0.1, 0.15) is 52.4 Å². The Bertz CT molecular complexity index is 329. The average Bonchev–Trinajstić information content (AvgIpc) is 2.60. The summed E-state index contributed by atoms with van der Waals surface area (Å²) >= 11 is 0. The van der Waals surface area contributed by atoms with Crippen molar-refractivity contribution in [2.75, 3.05) is 26.2 Å². The van der Waals surface area contributed by atoms with Gasteiger partial charge in [-0.2, -0.15) is 0 Å². The maximum atomic E-state index is 11.9. The second-order valence-electron chi connectivity index (χ2n) is 6.39. The van der Waals surface area contributed by atoms with Gasteiger partial charge < -0.3 is 15.3 Å². The van der Waals surface area contributed by atoms with E-state index in [-0.39, 0.29) is 30.4 Å². The molecule has 20 heavy (non-hydrogen) atoms. The zero-order valence-electron chi connectivity index (χ0n) is 12.8. The summed E-state index contributed by atoms with van der Waals surface area (Å²) in [6.07, 6.45) is 5.17. The highest BCUT2D eigenvalue weighted by molar-refractivity contribution is 5.84. The van der Waals surface area contributed by atoms with Crippen molar-refractivity contribution in [1.29, 1.82) is 0 Å². The van der Waals surface area contributed by atoms with Crippen molar-refractivity contribution in [3.05, 3.63) is 0 Å². The smallest absolute Gasteiger partial charge is 0.239 e. The van der Waals surface area contributed by atoms with Crippen molar-refractivity contribution in [3.63, 3.8) is 0 Å². The summed E-state index contributed by atoms with van der Waals surface area (Å²) in [5, 5.41) is 11.8. The number of aliphatic hydroxyl groups excluding tert-OH is 1. The van der Waals surface area contributed by atoms with Crippen LogP contribution in [0.2, 0.25) is 0 Å². The third kappa shape index (κ3) is 6.37. The van der Waals surface area contributed by atoms with Gasteiger partial charge in [0, 0.05) is 26.1 Å². The molecule has 1 heterocycles. The Kier molecular flexibility index (Phi) is 6.99. The number of carbonyl (C=O) groups excluding carboxylic acids is 2. The summed E-state index contributed by atoms with van der Waals surface area (Å²) in [5.74, 6) is 0.00881. The maximum Gasteiger partial charge on any atom is 0.239 e. The predicted octanol–water partition coefficient (Wildman–Crippen LogP) is 1.30. The molecule has 0 spiro atoms. The number of hydrogen-bond donors (Lipinski definition) is 2. The second-order valence-corrected chi connectivity index (χ2v) is 6.39. The van der Waals surface area contributed by atoms with Crippen LogP contribution < -0.4 is 5.32 Å². The first-order chi connectivity index (χ1) is 9.44. The van der Waals surface area contributed by atoms with E-state index in [0.29, 0.717) is 19.5 Å². The molecule has 0 aliphatic carbocycles. The van der Waals surface area contributed by atoms with Crippen LogP contribution in [0.3, 0.4) is 0 Å². The molecule has 0 saturated carbocycles. The van der Waals surface area contributed by atoms with Crippen molar-refractivity contribution >= 4 is 11.8 Å². The molecule has 0 aromatic rings. The predicted molar refractivity (Wildman–Crippen MR) is 78.2 cm³/mol. The van der Waals surface area contributed by atoms with Gasteiger partial charge in [0.25, 0.3) is 0 Å². The summed E-state index contributed by atoms with van der Waals surface area (Å²) < 4.78 is 0. The molecule has 0 atom stereocenters. The molecule has 0 unspecified atom stereocenters. The molecule has 0 aromatic heterocycles. The number of likely N-dealkylation sites (tertiary alicyclic amines) is 1. The van der Waals surface area contributed by atoms with Gasteiger partial charge in [-0.25, -0.2) is 0 Å². The zero-order chi connectivity index (χ0) is 15.0. The molecular weight excluding hydrogens is 256 g/mol. The fourth-order valence-electron chi connectivity index (χ4n) is 2.42. The highest BCUT2D eigenvalue weighted by atomic mass is 16.3. The third-order valence-corrected chi connectivity index (χ3v) is 3.78. The first-order valence-corrected chi connectivity index (χ1v) is 7.60. The first-order valence-electron chi connectivity index (χ1n) is 7.60. The van der Waals surface area contributed by atoms with Crippen molar-refractivity contribution in [2.24, 2.45) is 5.41 Å². The number of nitrogens with zero attached hydrogens (tertiary/aromatic N) is 1. The maximum absolute atomic E-state index is 11.9. The van der Waals surface area contributed by atoms with Gasteiger partial charge >= 0.3 is 0 Å². The summed E-state index contributed by atoms with van der Waals surface area (Å²) in [6.45, 7) is 5.77. The van der Waals surface area contributed by atoms with E-state index in [2.05, 4.69) is 19.2 Å². The average molecular weight is 284 g/mol. The summed E-state index contributed by atoms with van der Waals surface area (Å²) in [7, 11) is 0. The molecule has 0 radical (unpaired) electrons. The number of aliphatic hydroxyl groups is 1. The van der Waals surface area contributed by atoms with E-state index in [9.17, 15) is 9.59 Å². The van der Waals surface area contributed by atoms with Crippen LogP contribution >= 0.6 is 0 Å². The lowest BCUT2D eigenvalue weighted by Gasteiger charge is -2.26. The van der Waals surface area contributed by atoms with Gasteiger partial charge in [-0.15, -0.1) is 0 Å². The molecule has 1 rings (SSSR count). The Hall–Kier alpha value is -1.10. The molecule has 1 aliphatic rings. The van der Waals surface area contributed by atoms with Gasteiger partial charge in [0.1, 0.15) is 0 Å². The Morgan fingerprint density at radius 3 is 2.80 bits per heavy atom. The number of carbonyl (C=O) groups is 2. The molecule has 5 heteroatoms. The van der Waals surface area contributed by atoms with Crippen LogP contribution in [-0.4, -0.2) is 48.1 Å². The number of nitrogens with one attached hydrogen (secondary N) is 1. The lowest BCUT2D eigenvalue weighted by molar-refractivity contribution is -0.135. The topological polar surface area (TPSA) is 69.6 Å². The van der Waals surface area contributed by atoms with Gasteiger partial charge in [-0.3, -0.25) is 9.59 Å². The molecule has 2 amide bonds. The minimum Gasteiger partial charge on any atom is -0.396 e. The monoisotopic (exact) mass is 284 g/mol. The van der Waals surface area contributed by atoms with E-state index in [0.717, 1.165) is 32.1 Å². The van der Waals surface area contributed by atoms with Crippen LogP contribution in [-0.2, 0) is 9.59 Å². The molecule has 0 bridgehead atoms. The van der Waals surface area contributed by atoms with Gasteiger partial charge in [-0.05, 0) is 31.1 Å². The van der Waals surface area contributed by atoms with Crippen LogP contribution in [0.25, 0.3) is 0 Å². The first kappa shape index (κ1) is 17.0. The highest BCUT2D eigenvalue weighted by Crippen LogP contribution is 2.20. The molecule has 2 N–H and O–H groups in total. The van der Waals surface area contributed by atoms with Crippen molar-refractivity contribution < 1.29 is 14.7 Å². The van der Waals surface area contributed by atoms with E-state index >= 15 is 0 Å². The number of hydrogen-bond acceptors (Lipinski definition) is 3. The summed E-state index contributed by atoms with van der Waals surface area (Å²) in [6, 6.07) is 0. The molecule has 0 aromatic carbocycles. The van der Waals surface area contributed by atoms with E-state index in [1.165, 1.54) is 0 Å². The van der Waals surface area contributed by atoms with Crippen molar-refractivity contribution in [2.45, 2.75) is 52.4 Å². The standard InChI is InChI=1S/C15H28N2O3/c1-15(2,8-6-10-18)12-16-13(19)11-17-9-5-3-4-7-14(17)20/h18H,3-12H2,1-2H3,(H,16,19). The van der Waals surface area contributed by atoms with Gasteiger partial charge in [-0.1, -0.05) is 20.3 Å². The van der Waals surface area contributed by atoms with Crippen LogP contribution in [0.15, 0.2) is 0 Å². The minimum absolute atomic E-state index is 0.0266. The van der Waals surface area contributed by atoms with Crippen LogP contribution in [0.5, 0.6) is 0 Å². The van der Waals surface area contributed by atoms with Crippen LogP contribution in [0, 0.1) is 5.41 Å². The lowest BCUT2D eigenvalue weighted by Crippen LogP contribution is -2.43. The SMILES string of the molecule is CC(C)(CCCO)CNC(=O)CN1CCCCCC1=O. The van der Waals surface area contributed by atoms with Crippen molar-refractivity contribution in [3.8, 4) is 0 Å². The molecule has 116 valence electrons. The second kappa shape index (κ2) is 8.25. The lowest BCUT2D eigenvalue weighted by atomic mass is 9.88. The third-order valence-electron chi connectivity index (χ3n) is 3.78. The van der Waals surface area contributed by atoms with E-state index in [1.807, 2.05) is 0 Å². The molecule has 1 fully saturated rings. The normalized spacial score (nSPS) is 16.9. The molecular formula is C15H28N2O3. The molecule has 1 aliphatic heterocycles. The van der Waals surface area contributed by atoms with Gasteiger partial charge in [0.2, 0.25) is 11.8 Å². The van der Waals surface area contributed by atoms with Gasteiger partial charge in [0.05, 0.1) is 6.54 Å². The largest absolute Gasteiger partial charge is 0.396 e. The Morgan fingerprint density at radius 2 is 2.10 bits per heavy atom. The Balaban J connectivity index is 2.33. The molecule has 1 saturated heterocycles.